The lowest BCUT2D eigenvalue weighted by Gasteiger charge is -2.15. The van der Waals surface area contributed by atoms with Crippen molar-refractivity contribution < 1.29 is 8.42 Å². The van der Waals surface area contributed by atoms with Gasteiger partial charge in [-0.15, -0.1) is 0 Å². The Balaban J connectivity index is 2.24. The van der Waals surface area contributed by atoms with Crippen molar-refractivity contribution >= 4 is 26.0 Å². The Kier molecular flexibility index (Phi) is 4.78. The van der Waals surface area contributed by atoms with Crippen LogP contribution in [0.15, 0.2) is 57.9 Å². The molecule has 2 aromatic rings. The van der Waals surface area contributed by atoms with Gasteiger partial charge in [0.2, 0.25) is 10.0 Å². The van der Waals surface area contributed by atoms with Gasteiger partial charge >= 0.3 is 0 Å². The number of sulfonamides is 1. The predicted molar refractivity (Wildman–Crippen MR) is 84.0 cm³/mol. The Labute approximate surface area is 132 Å². The highest BCUT2D eigenvalue weighted by Gasteiger charge is 2.18. The van der Waals surface area contributed by atoms with Crippen molar-refractivity contribution in [1.82, 2.24) is 4.72 Å². The molecule has 4 nitrogen and oxygen atoms in total. The summed E-state index contributed by atoms with van der Waals surface area (Å²) in [7, 11) is -3.66. The summed E-state index contributed by atoms with van der Waals surface area (Å²) in [6.45, 7) is 1.77. The highest BCUT2D eigenvalue weighted by atomic mass is 79.9. The Morgan fingerprint density at radius 3 is 2.48 bits per heavy atom. The van der Waals surface area contributed by atoms with Gasteiger partial charge in [-0.2, -0.15) is 5.26 Å². The van der Waals surface area contributed by atoms with Gasteiger partial charge in [0.25, 0.3) is 0 Å². The quantitative estimate of drug-likeness (QED) is 0.903. The van der Waals surface area contributed by atoms with E-state index in [0.717, 1.165) is 10.0 Å². The molecule has 0 saturated carbocycles. The molecule has 0 amide bonds. The molecule has 21 heavy (non-hydrogen) atoms. The topological polar surface area (TPSA) is 70.0 Å². The van der Waals surface area contributed by atoms with Crippen LogP contribution in [0.5, 0.6) is 0 Å². The highest BCUT2D eigenvalue weighted by Crippen LogP contribution is 2.19. The molecule has 0 aromatic heterocycles. The van der Waals surface area contributed by atoms with Crippen LogP contribution >= 0.6 is 15.9 Å². The van der Waals surface area contributed by atoms with Crippen LogP contribution in [0.2, 0.25) is 0 Å². The minimum atomic E-state index is -3.66. The Bertz CT molecular complexity index is 780. The van der Waals surface area contributed by atoms with E-state index >= 15 is 0 Å². The van der Waals surface area contributed by atoms with Gasteiger partial charge in [-0.25, -0.2) is 13.1 Å². The second-order valence-corrected chi connectivity index (χ2v) is 7.16. The molecule has 1 N–H and O–H groups in total. The van der Waals surface area contributed by atoms with E-state index in [0.29, 0.717) is 5.56 Å². The van der Waals surface area contributed by atoms with Gasteiger partial charge in [-0.05, 0) is 42.8 Å². The van der Waals surface area contributed by atoms with E-state index in [1.165, 1.54) is 12.1 Å². The van der Waals surface area contributed by atoms with E-state index < -0.39 is 10.0 Å². The SMILES string of the molecule is C[C@@H](NS(=O)(=O)c1cccc(C#N)c1)c1ccc(Br)cc1. The Morgan fingerprint density at radius 2 is 1.86 bits per heavy atom. The lowest BCUT2D eigenvalue weighted by molar-refractivity contribution is 0.567. The maximum absolute atomic E-state index is 12.3. The number of rotatable bonds is 4. The third kappa shape index (κ3) is 3.91. The average molecular weight is 365 g/mol. The van der Waals surface area contributed by atoms with Crippen molar-refractivity contribution in [2.75, 3.05) is 0 Å². The Hall–Kier alpha value is -1.68. The number of nitrogens with one attached hydrogen (secondary N) is 1. The molecule has 0 aliphatic carbocycles. The smallest absolute Gasteiger partial charge is 0.207 e. The first-order valence-corrected chi connectivity index (χ1v) is 8.48. The molecule has 0 fully saturated rings. The fraction of sp³-hybridized carbons (Fsp3) is 0.133. The van der Waals surface area contributed by atoms with Crippen LogP contribution in [0.3, 0.4) is 0 Å². The molecular weight excluding hydrogens is 352 g/mol. The zero-order valence-electron chi connectivity index (χ0n) is 11.2. The number of benzene rings is 2. The lowest BCUT2D eigenvalue weighted by Crippen LogP contribution is -2.26. The highest BCUT2D eigenvalue weighted by molar-refractivity contribution is 9.10. The summed E-state index contributed by atoms with van der Waals surface area (Å²) < 4.78 is 28.2. The molecule has 0 heterocycles. The Morgan fingerprint density at radius 1 is 1.19 bits per heavy atom. The summed E-state index contributed by atoms with van der Waals surface area (Å²) in [5.41, 5.74) is 1.17. The number of nitrogens with zero attached hydrogens (tertiary/aromatic N) is 1. The molecule has 0 radical (unpaired) electrons. The third-order valence-corrected chi connectivity index (χ3v) is 5.04. The normalized spacial score (nSPS) is 12.6. The second kappa shape index (κ2) is 6.39. The maximum atomic E-state index is 12.3. The van der Waals surface area contributed by atoms with Gasteiger partial charge in [0, 0.05) is 10.5 Å². The third-order valence-electron chi connectivity index (χ3n) is 2.98. The summed E-state index contributed by atoms with van der Waals surface area (Å²) in [6, 6.07) is 14.9. The fourth-order valence-corrected chi connectivity index (χ4v) is 3.39. The second-order valence-electron chi connectivity index (χ2n) is 4.53. The average Bonchev–Trinajstić information content (AvgIpc) is 2.47. The van der Waals surface area contributed by atoms with Gasteiger partial charge in [-0.3, -0.25) is 0 Å². The maximum Gasteiger partial charge on any atom is 0.241 e. The van der Waals surface area contributed by atoms with Crippen molar-refractivity contribution in [2.24, 2.45) is 0 Å². The molecule has 1 atom stereocenters. The van der Waals surface area contributed by atoms with Crippen LogP contribution in [0, 0.1) is 11.3 Å². The fourth-order valence-electron chi connectivity index (χ4n) is 1.85. The van der Waals surface area contributed by atoms with Crippen LogP contribution in [0.1, 0.15) is 24.1 Å². The van der Waals surface area contributed by atoms with Crippen molar-refractivity contribution in [1.29, 1.82) is 5.26 Å². The molecule has 0 bridgehead atoms. The van der Waals surface area contributed by atoms with E-state index in [9.17, 15) is 8.42 Å². The molecule has 2 rings (SSSR count). The van der Waals surface area contributed by atoms with Crippen molar-refractivity contribution in [3.05, 3.63) is 64.1 Å². The molecule has 6 heteroatoms. The summed E-state index contributed by atoms with van der Waals surface area (Å²) in [5, 5.41) is 8.84. The van der Waals surface area contributed by atoms with E-state index in [1.54, 1.807) is 19.1 Å². The molecule has 2 aromatic carbocycles. The summed E-state index contributed by atoms with van der Waals surface area (Å²) >= 11 is 3.34. The number of nitriles is 1. The monoisotopic (exact) mass is 364 g/mol. The van der Waals surface area contributed by atoms with E-state index in [-0.39, 0.29) is 10.9 Å². The zero-order valence-corrected chi connectivity index (χ0v) is 13.6. The zero-order chi connectivity index (χ0) is 15.5. The van der Waals surface area contributed by atoms with Crippen LogP contribution < -0.4 is 4.72 Å². The van der Waals surface area contributed by atoms with Gasteiger partial charge < -0.3 is 0 Å². The van der Waals surface area contributed by atoms with Gasteiger partial charge in [0.1, 0.15) is 0 Å². The van der Waals surface area contributed by atoms with Gasteiger partial charge in [0.05, 0.1) is 16.5 Å². The van der Waals surface area contributed by atoms with E-state index in [4.69, 9.17) is 5.26 Å². The van der Waals surface area contributed by atoms with Crippen LogP contribution in [0.25, 0.3) is 0 Å². The van der Waals surface area contributed by atoms with Crippen LogP contribution in [-0.4, -0.2) is 8.42 Å². The first kappa shape index (κ1) is 15.7. The summed E-state index contributed by atoms with van der Waals surface area (Å²) in [5.74, 6) is 0. The van der Waals surface area contributed by atoms with E-state index in [2.05, 4.69) is 20.7 Å². The largest absolute Gasteiger partial charge is 0.241 e. The molecule has 0 spiro atoms. The van der Waals surface area contributed by atoms with E-state index in [1.807, 2.05) is 30.3 Å². The van der Waals surface area contributed by atoms with Crippen LogP contribution in [0.4, 0.5) is 0 Å². The standard InChI is InChI=1S/C15H13BrN2O2S/c1-11(13-5-7-14(16)8-6-13)18-21(19,20)15-4-2-3-12(9-15)10-17/h2-9,11,18H,1H3/t11-/m1/s1. The van der Waals surface area contributed by atoms with Gasteiger partial charge in [-0.1, -0.05) is 34.1 Å². The molecular formula is C15H13BrN2O2S. The number of hydrogen-bond donors (Lipinski definition) is 1. The first-order valence-electron chi connectivity index (χ1n) is 6.20. The molecule has 0 aliphatic rings. The molecule has 0 aliphatic heterocycles. The minimum Gasteiger partial charge on any atom is -0.207 e. The van der Waals surface area contributed by atoms with Crippen molar-refractivity contribution in [3.63, 3.8) is 0 Å². The first-order chi connectivity index (χ1) is 9.92. The predicted octanol–water partition coefficient (Wildman–Crippen LogP) is 3.36. The lowest BCUT2D eigenvalue weighted by atomic mass is 10.1. The van der Waals surface area contributed by atoms with Crippen molar-refractivity contribution in [2.45, 2.75) is 17.9 Å². The number of halogens is 1. The van der Waals surface area contributed by atoms with Crippen molar-refractivity contribution in [3.8, 4) is 6.07 Å². The molecule has 0 unspecified atom stereocenters. The summed E-state index contributed by atoms with van der Waals surface area (Å²) in [4.78, 5) is 0.0884. The van der Waals surface area contributed by atoms with Gasteiger partial charge in [0.15, 0.2) is 0 Å². The number of hydrogen-bond acceptors (Lipinski definition) is 3. The summed E-state index contributed by atoms with van der Waals surface area (Å²) in [6.07, 6.45) is 0. The minimum absolute atomic E-state index is 0.0884. The molecule has 0 saturated heterocycles. The van der Waals surface area contributed by atoms with Crippen LogP contribution in [-0.2, 0) is 10.0 Å². The molecule has 108 valence electrons.